The number of hydrogen-bond donors (Lipinski definition) is 1. The van der Waals surface area contributed by atoms with Crippen LogP contribution < -0.4 is 10.5 Å². The molecule has 0 aliphatic carbocycles. The SMILES string of the molecule is Cc1cc(Br)cc(N)c1Oc1nc2ccccc2o1. The maximum absolute atomic E-state index is 5.94. The van der Waals surface area contributed by atoms with Crippen LogP contribution in [-0.2, 0) is 0 Å². The van der Waals surface area contributed by atoms with Crippen molar-refractivity contribution in [2.45, 2.75) is 6.92 Å². The lowest BCUT2D eigenvalue weighted by molar-refractivity contribution is 0.342. The van der Waals surface area contributed by atoms with Gasteiger partial charge >= 0.3 is 6.08 Å². The summed E-state index contributed by atoms with van der Waals surface area (Å²) in [7, 11) is 0. The van der Waals surface area contributed by atoms with Gasteiger partial charge in [0, 0.05) is 4.47 Å². The number of fused-ring (bicyclic) bond motifs is 1. The maximum Gasteiger partial charge on any atom is 0.400 e. The number of benzene rings is 2. The molecule has 0 spiro atoms. The molecule has 2 N–H and O–H groups in total. The summed E-state index contributed by atoms with van der Waals surface area (Å²) in [6.45, 7) is 1.92. The molecule has 0 radical (unpaired) electrons. The Morgan fingerprint density at radius 1 is 1.26 bits per heavy atom. The number of rotatable bonds is 2. The molecule has 96 valence electrons. The highest BCUT2D eigenvalue weighted by Crippen LogP contribution is 2.34. The molecular formula is C14H11BrN2O2. The third-order valence-electron chi connectivity index (χ3n) is 2.73. The summed E-state index contributed by atoms with van der Waals surface area (Å²) in [4.78, 5) is 4.26. The molecule has 0 bridgehead atoms. The van der Waals surface area contributed by atoms with Gasteiger partial charge in [0.05, 0.1) is 5.69 Å². The molecule has 19 heavy (non-hydrogen) atoms. The lowest BCUT2D eigenvalue weighted by atomic mass is 10.2. The zero-order chi connectivity index (χ0) is 13.4. The van der Waals surface area contributed by atoms with Gasteiger partial charge in [-0.25, -0.2) is 0 Å². The first-order chi connectivity index (χ1) is 9.13. The Bertz CT molecular complexity index is 696. The van der Waals surface area contributed by atoms with Crippen LogP contribution in [0.4, 0.5) is 5.69 Å². The van der Waals surface area contributed by atoms with Crippen molar-refractivity contribution < 1.29 is 9.15 Å². The van der Waals surface area contributed by atoms with Crippen molar-refractivity contribution >= 4 is 32.7 Å². The minimum absolute atomic E-state index is 0.193. The summed E-state index contributed by atoms with van der Waals surface area (Å²) in [5, 5.41) is 0. The summed E-state index contributed by atoms with van der Waals surface area (Å²) in [5.41, 5.74) is 8.83. The Balaban J connectivity index is 2.01. The van der Waals surface area contributed by atoms with Crippen molar-refractivity contribution in [3.05, 3.63) is 46.4 Å². The summed E-state index contributed by atoms with van der Waals surface area (Å²) in [6.07, 6.45) is 0.193. The Hall–Kier alpha value is -2.01. The topological polar surface area (TPSA) is 61.3 Å². The van der Waals surface area contributed by atoms with Crippen LogP contribution in [-0.4, -0.2) is 4.98 Å². The third kappa shape index (κ3) is 2.29. The van der Waals surface area contributed by atoms with Gasteiger partial charge in [0.15, 0.2) is 11.3 Å². The summed E-state index contributed by atoms with van der Waals surface area (Å²) in [5.74, 6) is 0.565. The number of oxazole rings is 1. The highest BCUT2D eigenvalue weighted by atomic mass is 79.9. The molecule has 5 heteroatoms. The number of aryl methyl sites for hydroxylation is 1. The van der Waals surface area contributed by atoms with Gasteiger partial charge in [-0.15, -0.1) is 0 Å². The van der Waals surface area contributed by atoms with E-state index in [0.29, 0.717) is 17.0 Å². The maximum atomic E-state index is 5.94. The number of anilines is 1. The van der Waals surface area contributed by atoms with Crippen LogP contribution in [0.5, 0.6) is 11.8 Å². The number of halogens is 1. The van der Waals surface area contributed by atoms with Crippen LogP contribution in [0.3, 0.4) is 0 Å². The first-order valence-corrected chi connectivity index (χ1v) is 6.52. The van der Waals surface area contributed by atoms with E-state index < -0.39 is 0 Å². The van der Waals surface area contributed by atoms with E-state index in [-0.39, 0.29) is 6.08 Å². The van der Waals surface area contributed by atoms with E-state index in [4.69, 9.17) is 14.9 Å². The van der Waals surface area contributed by atoms with Crippen molar-refractivity contribution in [2.75, 3.05) is 5.73 Å². The van der Waals surface area contributed by atoms with E-state index in [1.165, 1.54) is 0 Å². The minimum Gasteiger partial charge on any atom is -0.409 e. The van der Waals surface area contributed by atoms with E-state index in [1.807, 2.05) is 37.3 Å². The van der Waals surface area contributed by atoms with Gasteiger partial charge in [-0.05, 0) is 36.8 Å². The third-order valence-corrected chi connectivity index (χ3v) is 3.19. The van der Waals surface area contributed by atoms with Gasteiger partial charge in [-0.2, -0.15) is 4.98 Å². The van der Waals surface area contributed by atoms with Gasteiger partial charge in [0.1, 0.15) is 5.52 Å². The Morgan fingerprint density at radius 3 is 2.79 bits per heavy atom. The number of para-hydroxylation sites is 2. The van der Waals surface area contributed by atoms with Crippen LogP contribution in [0.1, 0.15) is 5.56 Å². The number of nitrogen functional groups attached to an aromatic ring is 1. The van der Waals surface area contributed by atoms with Gasteiger partial charge < -0.3 is 14.9 Å². The van der Waals surface area contributed by atoms with E-state index >= 15 is 0 Å². The van der Waals surface area contributed by atoms with Crippen molar-refractivity contribution in [1.82, 2.24) is 4.98 Å². The number of nitrogens with two attached hydrogens (primary N) is 1. The van der Waals surface area contributed by atoms with Crippen LogP contribution in [0.25, 0.3) is 11.1 Å². The Kier molecular flexibility index (Phi) is 2.91. The van der Waals surface area contributed by atoms with Gasteiger partial charge in [0.2, 0.25) is 0 Å². The molecule has 2 aromatic carbocycles. The minimum atomic E-state index is 0.193. The molecule has 3 rings (SSSR count). The molecule has 0 amide bonds. The second-order valence-electron chi connectivity index (χ2n) is 4.19. The van der Waals surface area contributed by atoms with Crippen LogP contribution in [0.2, 0.25) is 0 Å². The zero-order valence-corrected chi connectivity index (χ0v) is 11.8. The van der Waals surface area contributed by atoms with Crippen LogP contribution >= 0.6 is 15.9 Å². The Labute approximate surface area is 118 Å². The lowest BCUT2D eigenvalue weighted by Crippen LogP contribution is -1.95. The molecule has 0 aliphatic rings. The summed E-state index contributed by atoms with van der Waals surface area (Å²) < 4.78 is 12.1. The molecule has 0 saturated heterocycles. The summed E-state index contributed by atoms with van der Waals surface area (Å²) >= 11 is 3.39. The fourth-order valence-corrected chi connectivity index (χ4v) is 2.47. The molecule has 0 fully saturated rings. The van der Waals surface area contributed by atoms with E-state index in [2.05, 4.69) is 20.9 Å². The normalized spacial score (nSPS) is 10.8. The molecule has 3 aromatic rings. The number of hydrogen-bond acceptors (Lipinski definition) is 4. The molecule has 4 nitrogen and oxygen atoms in total. The predicted octanol–water partition coefficient (Wildman–Crippen LogP) is 4.27. The fraction of sp³-hybridized carbons (Fsp3) is 0.0714. The van der Waals surface area contributed by atoms with Crippen molar-refractivity contribution in [3.8, 4) is 11.8 Å². The second kappa shape index (κ2) is 4.59. The Morgan fingerprint density at radius 2 is 2.05 bits per heavy atom. The highest BCUT2D eigenvalue weighted by molar-refractivity contribution is 9.10. The quantitative estimate of drug-likeness (QED) is 0.716. The molecule has 1 heterocycles. The second-order valence-corrected chi connectivity index (χ2v) is 5.11. The highest BCUT2D eigenvalue weighted by Gasteiger charge is 2.12. The zero-order valence-electron chi connectivity index (χ0n) is 10.2. The first-order valence-electron chi connectivity index (χ1n) is 5.72. The largest absolute Gasteiger partial charge is 0.409 e. The average molecular weight is 319 g/mol. The lowest BCUT2D eigenvalue weighted by Gasteiger charge is -2.08. The van der Waals surface area contributed by atoms with Crippen molar-refractivity contribution in [1.29, 1.82) is 0 Å². The van der Waals surface area contributed by atoms with E-state index in [9.17, 15) is 0 Å². The molecule has 0 unspecified atom stereocenters. The summed E-state index contributed by atoms with van der Waals surface area (Å²) in [6, 6.07) is 11.2. The molecule has 0 atom stereocenters. The number of ether oxygens (including phenoxy) is 1. The average Bonchev–Trinajstić information content (AvgIpc) is 2.76. The first kappa shape index (κ1) is 12.0. The van der Waals surface area contributed by atoms with Crippen molar-refractivity contribution in [3.63, 3.8) is 0 Å². The smallest absolute Gasteiger partial charge is 0.400 e. The van der Waals surface area contributed by atoms with Gasteiger partial charge in [-0.1, -0.05) is 28.1 Å². The van der Waals surface area contributed by atoms with Crippen molar-refractivity contribution in [2.24, 2.45) is 0 Å². The van der Waals surface area contributed by atoms with E-state index in [0.717, 1.165) is 15.6 Å². The molecular weight excluding hydrogens is 308 g/mol. The monoisotopic (exact) mass is 318 g/mol. The van der Waals surface area contributed by atoms with E-state index in [1.54, 1.807) is 6.07 Å². The fourth-order valence-electron chi connectivity index (χ4n) is 1.88. The predicted molar refractivity (Wildman–Crippen MR) is 77.4 cm³/mol. The van der Waals surface area contributed by atoms with Crippen LogP contribution in [0, 0.1) is 6.92 Å². The number of aromatic nitrogens is 1. The molecule has 0 aliphatic heterocycles. The van der Waals surface area contributed by atoms with Gasteiger partial charge in [-0.3, -0.25) is 0 Å². The number of nitrogens with zero attached hydrogens (tertiary/aromatic N) is 1. The molecule has 1 aromatic heterocycles. The van der Waals surface area contributed by atoms with Gasteiger partial charge in [0.25, 0.3) is 0 Å². The van der Waals surface area contributed by atoms with Crippen LogP contribution in [0.15, 0.2) is 45.3 Å². The standard InChI is InChI=1S/C14H11BrN2O2/c1-8-6-9(15)7-10(16)13(8)19-14-17-11-4-2-3-5-12(11)18-14/h2-7H,16H2,1H3. The molecule has 0 saturated carbocycles.